The van der Waals surface area contributed by atoms with Gasteiger partial charge in [-0.2, -0.15) is 0 Å². The molecule has 0 bridgehead atoms. The van der Waals surface area contributed by atoms with E-state index in [0.29, 0.717) is 11.4 Å². The zero-order valence-electron chi connectivity index (χ0n) is 11.3. The second kappa shape index (κ2) is 7.54. The molecule has 0 atom stereocenters. The van der Waals surface area contributed by atoms with Crippen molar-refractivity contribution in [1.29, 1.82) is 0 Å². The first-order valence-corrected chi connectivity index (χ1v) is 8.17. The van der Waals surface area contributed by atoms with Crippen molar-refractivity contribution in [3.63, 3.8) is 0 Å². The number of sulfonamides is 1. The highest BCUT2D eigenvalue weighted by atomic mass is 32.2. The molecule has 3 nitrogen and oxygen atoms in total. The Morgan fingerprint density at radius 3 is 2.17 bits per heavy atom. The minimum Gasteiger partial charge on any atom is -0.211 e. The number of rotatable bonds is 8. The minimum atomic E-state index is -3.32. The molecule has 102 valence electrons. The Hall–Kier alpha value is -0.870. The third-order valence-electron chi connectivity index (χ3n) is 2.88. The zero-order valence-corrected chi connectivity index (χ0v) is 12.1. The summed E-state index contributed by atoms with van der Waals surface area (Å²) in [6.45, 7) is 4.70. The van der Waals surface area contributed by atoms with E-state index in [-0.39, 0.29) is 0 Å². The number of hydrogen-bond acceptors (Lipinski definition) is 2. The summed E-state index contributed by atoms with van der Waals surface area (Å²) in [6.07, 6.45) is 5.16. The summed E-state index contributed by atoms with van der Waals surface area (Å²) in [5.74, 6) is 0. The maximum atomic E-state index is 11.9. The van der Waals surface area contributed by atoms with Gasteiger partial charge in [-0.15, -0.1) is 0 Å². The molecule has 0 heterocycles. The Labute approximate surface area is 111 Å². The van der Waals surface area contributed by atoms with Crippen LogP contribution >= 0.6 is 0 Å². The van der Waals surface area contributed by atoms with Crippen molar-refractivity contribution in [2.24, 2.45) is 0 Å². The van der Waals surface area contributed by atoms with Crippen LogP contribution in [0.15, 0.2) is 29.2 Å². The average molecular weight is 269 g/mol. The van der Waals surface area contributed by atoms with Gasteiger partial charge in [0, 0.05) is 6.54 Å². The molecule has 0 fully saturated rings. The normalized spacial score (nSPS) is 11.7. The molecule has 0 aromatic heterocycles. The van der Waals surface area contributed by atoms with Crippen LogP contribution in [-0.2, 0) is 16.4 Å². The van der Waals surface area contributed by atoms with Crippen LogP contribution in [0.25, 0.3) is 0 Å². The zero-order chi connectivity index (χ0) is 13.4. The monoisotopic (exact) mass is 269 g/mol. The summed E-state index contributed by atoms with van der Waals surface area (Å²) in [4.78, 5) is 0.360. The average Bonchev–Trinajstić information content (AvgIpc) is 2.37. The van der Waals surface area contributed by atoms with Crippen molar-refractivity contribution in [2.75, 3.05) is 6.54 Å². The molecular formula is C14H23NO2S. The van der Waals surface area contributed by atoms with Gasteiger partial charge in [0.05, 0.1) is 4.90 Å². The SMILES string of the molecule is CCCCNS(=O)(=O)c1ccc(CCCC)cc1. The van der Waals surface area contributed by atoms with Gasteiger partial charge >= 0.3 is 0 Å². The molecule has 18 heavy (non-hydrogen) atoms. The number of benzene rings is 1. The molecule has 1 N–H and O–H groups in total. The summed E-state index contributed by atoms with van der Waals surface area (Å²) in [5, 5.41) is 0. The van der Waals surface area contributed by atoms with E-state index in [0.717, 1.165) is 32.1 Å². The van der Waals surface area contributed by atoms with Gasteiger partial charge in [-0.3, -0.25) is 0 Å². The van der Waals surface area contributed by atoms with Gasteiger partial charge in [-0.05, 0) is 37.0 Å². The lowest BCUT2D eigenvalue weighted by Crippen LogP contribution is -2.24. The van der Waals surface area contributed by atoms with Gasteiger partial charge in [-0.25, -0.2) is 13.1 Å². The quantitative estimate of drug-likeness (QED) is 0.737. The molecule has 0 saturated heterocycles. The van der Waals surface area contributed by atoms with Gasteiger partial charge in [0.2, 0.25) is 10.0 Å². The van der Waals surface area contributed by atoms with Gasteiger partial charge in [0.1, 0.15) is 0 Å². The van der Waals surface area contributed by atoms with E-state index in [4.69, 9.17) is 0 Å². The highest BCUT2D eigenvalue weighted by Gasteiger charge is 2.12. The number of unbranched alkanes of at least 4 members (excludes halogenated alkanes) is 2. The standard InChI is InChI=1S/C14H23NO2S/c1-3-5-7-13-8-10-14(11-9-13)18(16,17)15-12-6-4-2/h8-11,15H,3-7,12H2,1-2H3. The van der Waals surface area contributed by atoms with Crippen molar-refractivity contribution >= 4 is 10.0 Å². The lowest BCUT2D eigenvalue weighted by molar-refractivity contribution is 0.578. The number of hydrogen-bond donors (Lipinski definition) is 1. The molecule has 1 rings (SSSR count). The topological polar surface area (TPSA) is 46.2 Å². The summed E-state index contributed by atoms with van der Waals surface area (Å²) < 4.78 is 26.5. The van der Waals surface area contributed by atoms with Crippen molar-refractivity contribution in [1.82, 2.24) is 4.72 Å². The first-order chi connectivity index (χ1) is 8.60. The van der Waals surface area contributed by atoms with Crippen LogP contribution in [0.1, 0.15) is 45.1 Å². The molecule has 0 amide bonds. The molecule has 0 spiro atoms. The fourth-order valence-corrected chi connectivity index (χ4v) is 2.76. The van der Waals surface area contributed by atoms with E-state index < -0.39 is 10.0 Å². The van der Waals surface area contributed by atoms with Gasteiger partial charge in [0.25, 0.3) is 0 Å². The minimum absolute atomic E-state index is 0.360. The highest BCUT2D eigenvalue weighted by Crippen LogP contribution is 2.12. The van der Waals surface area contributed by atoms with Crippen LogP contribution in [-0.4, -0.2) is 15.0 Å². The molecule has 4 heteroatoms. The van der Waals surface area contributed by atoms with E-state index in [1.807, 2.05) is 19.1 Å². The molecule has 0 aliphatic rings. The fraction of sp³-hybridized carbons (Fsp3) is 0.571. The summed E-state index contributed by atoms with van der Waals surface area (Å²) >= 11 is 0. The van der Waals surface area contributed by atoms with Crippen LogP contribution in [0.3, 0.4) is 0 Å². The summed E-state index contributed by atoms with van der Waals surface area (Å²) in [7, 11) is -3.32. The highest BCUT2D eigenvalue weighted by molar-refractivity contribution is 7.89. The Morgan fingerprint density at radius 1 is 1.00 bits per heavy atom. The molecule has 0 unspecified atom stereocenters. The predicted octanol–water partition coefficient (Wildman–Crippen LogP) is 3.11. The van der Waals surface area contributed by atoms with E-state index in [2.05, 4.69) is 11.6 Å². The van der Waals surface area contributed by atoms with Crippen molar-refractivity contribution in [3.05, 3.63) is 29.8 Å². The van der Waals surface area contributed by atoms with Crippen molar-refractivity contribution < 1.29 is 8.42 Å². The Balaban J connectivity index is 2.65. The smallest absolute Gasteiger partial charge is 0.211 e. The van der Waals surface area contributed by atoms with Crippen LogP contribution in [0.2, 0.25) is 0 Å². The molecule has 1 aromatic carbocycles. The van der Waals surface area contributed by atoms with Crippen LogP contribution in [0.4, 0.5) is 0 Å². The van der Waals surface area contributed by atoms with Gasteiger partial charge in [0.15, 0.2) is 0 Å². The molecule has 0 aliphatic carbocycles. The first kappa shape index (κ1) is 15.2. The Morgan fingerprint density at radius 2 is 1.61 bits per heavy atom. The second-order valence-corrected chi connectivity index (χ2v) is 6.27. The fourth-order valence-electron chi connectivity index (χ4n) is 1.68. The van der Waals surface area contributed by atoms with Crippen LogP contribution < -0.4 is 4.72 Å². The van der Waals surface area contributed by atoms with E-state index in [1.165, 1.54) is 5.56 Å². The van der Waals surface area contributed by atoms with Crippen molar-refractivity contribution in [3.8, 4) is 0 Å². The molecular weight excluding hydrogens is 246 g/mol. The third kappa shape index (κ3) is 4.78. The van der Waals surface area contributed by atoms with Crippen LogP contribution in [0, 0.1) is 0 Å². The molecule has 0 radical (unpaired) electrons. The molecule has 1 aromatic rings. The lowest BCUT2D eigenvalue weighted by atomic mass is 10.1. The van der Waals surface area contributed by atoms with Crippen molar-refractivity contribution in [2.45, 2.75) is 50.8 Å². The maximum absolute atomic E-state index is 11.9. The molecule has 0 saturated carbocycles. The second-order valence-electron chi connectivity index (χ2n) is 4.50. The Bertz CT molecular complexity index is 437. The number of aryl methyl sites for hydroxylation is 1. The number of nitrogens with one attached hydrogen (secondary N) is 1. The largest absolute Gasteiger partial charge is 0.240 e. The van der Waals surface area contributed by atoms with E-state index in [9.17, 15) is 8.42 Å². The summed E-state index contributed by atoms with van der Waals surface area (Å²) in [6, 6.07) is 7.20. The Kier molecular flexibility index (Phi) is 6.36. The molecule has 0 aliphatic heterocycles. The first-order valence-electron chi connectivity index (χ1n) is 6.68. The van der Waals surface area contributed by atoms with Gasteiger partial charge < -0.3 is 0 Å². The van der Waals surface area contributed by atoms with Crippen LogP contribution in [0.5, 0.6) is 0 Å². The summed E-state index contributed by atoms with van der Waals surface area (Å²) in [5.41, 5.74) is 1.20. The van der Waals surface area contributed by atoms with E-state index >= 15 is 0 Å². The van der Waals surface area contributed by atoms with E-state index in [1.54, 1.807) is 12.1 Å². The third-order valence-corrected chi connectivity index (χ3v) is 4.35. The van der Waals surface area contributed by atoms with Gasteiger partial charge in [-0.1, -0.05) is 38.8 Å². The predicted molar refractivity (Wildman–Crippen MR) is 75.2 cm³/mol. The lowest BCUT2D eigenvalue weighted by Gasteiger charge is -2.07. The maximum Gasteiger partial charge on any atom is 0.240 e.